The van der Waals surface area contributed by atoms with Crippen LogP contribution in [0.4, 0.5) is 17.5 Å². The Kier molecular flexibility index (Phi) is 7.15. The SMILES string of the molecule is COc1ccc(CC(=O)NCCNc2ccc(Nc3ccc(C)cn3)nn2)cc1C. The molecule has 0 fully saturated rings. The number of nitrogens with one attached hydrogen (secondary N) is 3. The molecule has 0 saturated carbocycles. The predicted octanol–water partition coefficient (Wildman–Crippen LogP) is 3.01. The number of hydrogen-bond acceptors (Lipinski definition) is 7. The highest BCUT2D eigenvalue weighted by Crippen LogP contribution is 2.18. The quantitative estimate of drug-likeness (QED) is 0.470. The van der Waals surface area contributed by atoms with E-state index in [1.54, 1.807) is 13.3 Å². The molecule has 8 nitrogen and oxygen atoms in total. The van der Waals surface area contributed by atoms with Gasteiger partial charge in [-0.15, -0.1) is 10.2 Å². The zero-order chi connectivity index (χ0) is 21.3. The number of carbonyl (C=O) groups is 1. The Balaban J connectivity index is 1.39. The Labute approximate surface area is 176 Å². The molecule has 1 aromatic carbocycles. The Morgan fingerprint density at radius 1 is 0.967 bits per heavy atom. The number of anilines is 3. The summed E-state index contributed by atoms with van der Waals surface area (Å²) in [7, 11) is 1.64. The van der Waals surface area contributed by atoms with E-state index in [0.717, 1.165) is 22.4 Å². The molecular formula is C22H26N6O2. The second-order valence-electron chi connectivity index (χ2n) is 6.91. The molecule has 0 spiro atoms. The highest BCUT2D eigenvalue weighted by molar-refractivity contribution is 5.78. The number of methoxy groups -OCH3 is 1. The lowest BCUT2D eigenvalue weighted by Crippen LogP contribution is -2.30. The maximum absolute atomic E-state index is 12.1. The van der Waals surface area contributed by atoms with E-state index in [-0.39, 0.29) is 5.91 Å². The fraction of sp³-hybridized carbons (Fsp3) is 0.273. The van der Waals surface area contributed by atoms with Gasteiger partial charge in [-0.3, -0.25) is 4.79 Å². The summed E-state index contributed by atoms with van der Waals surface area (Å²) in [5.74, 6) is 2.75. The van der Waals surface area contributed by atoms with E-state index < -0.39 is 0 Å². The minimum Gasteiger partial charge on any atom is -0.496 e. The van der Waals surface area contributed by atoms with Gasteiger partial charge in [0.05, 0.1) is 13.5 Å². The smallest absolute Gasteiger partial charge is 0.224 e. The van der Waals surface area contributed by atoms with Crippen LogP contribution in [0.25, 0.3) is 0 Å². The van der Waals surface area contributed by atoms with Crippen LogP contribution < -0.4 is 20.7 Å². The van der Waals surface area contributed by atoms with Crippen LogP contribution in [0.3, 0.4) is 0 Å². The van der Waals surface area contributed by atoms with Crippen molar-refractivity contribution in [2.24, 2.45) is 0 Å². The number of pyridine rings is 1. The molecule has 0 radical (unpaired) electrons. The lowest BCUT2D eigenvalue weighted by Gasteiger charge is -2.09. The van der Waals surface area contributed by atoms with Gasteiger partial charge >= 0.3 is 0 Å². The minimum atomic E-state index is -0.0300. The minimum absolute atomic E-state index is 0.0300. The van der Waals surface area contributed by atoms with Gasteiger partial charge in [-0.2, -0.15) is 0 Å². The molecule has 3 rings (SSSR count). The summed E-state index contributed by atoms with van der Waals surface area (Å²) in [5.41, 5.74) is 3.06. The summed E-state index contributed by atoms with van der Waals surface area (Å²) in [6.45, 7) is 4.99. The van der Waals surface area contributed by atoms with Gasteiger partial charge in [0, 0.05) is 19.3 Å². The Morgan fingerprint density at radius 3 is 2.40 bits per heavy atom. The standard InChI is InChI=1S/C22H26N6O2/c1-15-4-7-19(25-14-15)26-21-9-8-20(27-28-21)23-10-11-24-22(29)13-17-5-6-18(30-3)16(2)12-17/h4-9,12,14H,10-11,13H2,1-3H3,(H,23,27)(H,24,29)(H,25,26,28). The average molecular weight is 406 g/mol. The molecule has 8 heteroatoms. The van der Waals surface area contributed by atoms with Gasteiger partial charge < -0.3 is 20.7 Å². The molecule has 3 aromatic rings. The third-order valence-corrected chi connectivity index (χ3v) is 4.41. The zero-order valence-corrected chi connectivity index (χ0v) is 17.4. The van der Waals surface area contributed by atoms with Gasteiger partial charge in [0.2, 0.25) is 5.91 Å². The van der Waals surface area contributed by atoms with Crippen LogP contribution in [0.2, 0.25) is 0 Å². The van der Waals surface area contributed by atoms with E-state index >= 15 is 0 Å². The molecule has 0 aliphatic rings. The molecule has 2 aromatic heterocycles. The van der Waals surface area contributed by atoms with E-state index in [0.29, 0.717) is 37.0 Å². The molecule has 0 aliphatic carbocycles. The van der Waals surface area contributed by atoms with Crippen molar-refractivity contribution in [3.8, 4) is 5.75 Å². The van der Waals surface area contributed by atoms with Crippen molar-refractivity contribution in [3.63, 3.8) is 0 Å². The van der Waals surface area contributed by atoms with E-state index in [1.165, 1.54) is 0 Å². The summed E-state index contributed by atoms with van der Waals surface area (Å²) < 4.78 is 5.24. The van der Waals surface area contributed by atoms with Crippen LogP contribution in [0.15, 0.2) is 48.7 Å². The highest BCUT2D eigenvalue weighted by atomic mass is 16.5. The van der Waals surface area contributed by atoms with Crippen molar-refractivity contribution in [2.45, 2.75) is 20.3 Å². The topological polar surface area (TPSA) is 101 Å². The third-order valence-electron chi connectivity index (χ3n) is 4.41. The lowest BCUT2D eigenvalue weighted by molar-refractivity contribution is -0.120. The number of rotatable bonds is 9. The van der Waals surface area contributed by atoms with Crippen molar-refractivity contribution in [1.82, 2.24) is 20.5 Å². The summed E-state index contributed by atoms with van der Waals surface area (Å²) in [4.78, 5) is 16.4. The second-order valence-corrected chi connectivity index (χ2v) is 6.91. The van der Waals surface area contributed by atoms with Crippen molar-refractivity contribution < 1.29 is 9.53 Å². The zero-order valence-electron chi connectivity index (χ0n) is 17.4. The average Bonchev–Trinajstić information content (AvgIpc) is 2.74. The third kappa shape index (κ3) is 6.16. The monoisotopic (exact) mass is 406 g/mol. The number of ether oxygens (including phenoxy) is 1. The number of nitrogens with zero attached hydrogens (tertiary/aromatic N) is 3. The lowest BCUT2D eigenvalue weighted by atomic mass is 10.1. The van der Waals surface area contributed by atoms with E-state index in [4.69, 9.17) is 4.74 Å². The molecule has 30 heavy (non-hydrogen) atoms. The van der Waals surface area contributed by atoms with Gasteiger partial charge in [0.25, 0.3) is 0 Å². The summed E-state index contributed by atoms with van der Waals surface area (Å²) in [6.07, 6.45) is 2.12. The van der Waals surface area contributed by atoms with Crippen LogP contribution >= 0.6 is 0 Å². The molecular weight excluding hydrogens is 380 g/mol. The van der Waals surface area contributed by atoms with Gasteiger partial charge in [-0.05, 0) is 54.8 Å². The summed E-state index contributed by atoms with van der Waals surface area (Å²) in [6, 6.07) is 13.3. The van der Waals surface area contributed by atoms with Crippen molar-refractivity contribution in [1.29, 1.82) is 0 Å². The van der Waals surface area contributed by atoms with Gasteiger partial charge in [0.1, 0.15) is 17.4 Å². The molecule has 0 bridgehead atoms. The van der Waals surface area contributed by atoms with Crippen LogP contribution in [-0.2, 0) is 11.2 Å². The molecule has 0 aliphatic heterocycles. The number of hydrogen-bond donors (Lipinski definition) is 3. The summed E-state index contributed by atoms with van der Waals surface area (Å²) >= 11 is 0. The predicted molar refractivity (Wildman–Crippen MR) is 117 cm³/mol. The van der Waals surface area contributed by atoms with E-state index in [9.17, 15) is 4.79 Å². The van der Waals surface area contributed by atoms with Gasteiger partial charge in [-0.1, -0.05) is 18.2 Å². The maximum atomic E-state index is 12.1. The fourth-order valence-electron chi connectivity index (χ4n) is 2.86. The molecule has 0 saturated heterocycles. The van der Waals surface area contributed by atoms with E-state index in [1.807, 2.05) is 56.3 Å². The maximum Gasteiger partial charge on any atom is 0.224 e. The highest BCUT2D eigenvalue weighted by Gasteiger charge is 2.06. The van der Waals surface area contributed by atoms with Crippen LogP contribution in [0.1, 0.15) is 16.7 Å². The Morgan fingerprint density at radius 2 is 1.73 bits per heavy atom. The van der Waals surface area contributed by atoms with Crippen LogP contribution in [0, 0.1) is 13.8 Å². The number of aryl methyl sites for hydroxylation is 2. The van der Waals surface area contributed by atoms with Crippen molar-refractivity contribution in [3.05, 3.63) is 65.4 Å². The molecule has 156 valence electrons. The second kappa shape index (κ2) is 10.2. The van der Waals surface area contributed by atoms with Gasteiger partial charge in [0.15, 0.2) is 5.82 Å². The molecule has 0 atom stereocenters. The van der Waals surface area contributed by atoms with Crippen LogP contribution in [-0.4, -0.2) is 41.3 Å². The number of benzene rings is 1. The van der Waals surface area contributed by atoms with Gasteiger partial charge in [-0.25, -0.2) is 4.98 Å². The normalized spacial score (nSPS) is 10.4. The number of aromatic nitrogens is 3. The van der Waals surface area contributed by atoms with Crippen molar-refractivity contribution in [2.75, 3.05) is 30.8 Å². The van der Waals surface area contributed by atoms with Crippen LogP contribution in [0.5, 0.6) is 5.75 Å². The molecule has 0 unspecified atom stereocenters. The van der Waals surface area contributed by atoms with E-state index in [2.05, 4.69) is 31.1 Å². The first-order valence-electron chi connectivity index (χ1n) is 9.71. The number of amides is 1. The molecule has 3 N–H and O–H groups in total. The molecule has 2 heterocycles. The first kappa shape index (κ1) is 21.0. The fourth-order valence-corrected chi connectivity index (χ4v) is 2.86. The Hall–Kier alpha value is -3.68. The summed E-state index contributed by atoms with van der Waals surface area (Å²) in [5, 5.41) is 17.4. The number of carbonyl (C=O) groups excluding carboxylic acids is 1. The van der Waals surface area contributed by atoms with Crippen molar-refractivity contribution >= 4 is 23.4 Å². The first-order valence-corrected chi connectivity index (χ1v) is 9.71. The first-order chi connectivity index (χ1) is 14.5. The Bertz CT molecular complexity index is 974. The molecule has 1 amide bonds. The largest absolute Gasteiger partial charge is 0.496 e.